The quantitative estimate of drug-likeness (QED) is 0.350. The average Bonchev–Trinajstić information content (AvgIpc) is 2.85. The average molecular weight is 542 g/mol. The van der Waals surface area contributed by atoms with Crippen molar-refractivity contribution in [1.82, 2.24) is 4.98 Å². The highest BCUT2D eigenvalue weighted by Gasteiger charge is 2.20. The summed E-state index contributed by atoms with van der Waals surface area (Å²) < 4.78 is 10.4. The molecular formula is C26H28BrN3O5. The van der Waals surface area contributed by atoms with Crippen LogP contribution in [-0.4, -0.2) is 47.5 Å². The molecule has 1 aromatic heterocycles. The monoisotopic (exact) mass is 541 g/mol. The van der Waals surface area contributed by atoms with Crippen LogP contribution in [-0.2, 0) is 9.59 Å². The first kappa shape index (κ1) is 26.0. The SMILES string of the molecule is COc1ccc(N(CCC(=O)Nc2ccc(OC)nc2-c2ccc(O)cc2)C(=O)CC(C)Br)cc1. The molecule has 0 bridgehead atoms. The highest BCUT2D eigenvalue weighted by atomic mass is 79.9. The van der Waals surface area contributed by atoms with Crippen molar-refractivity contribution in [1.29, 1.82) is 0 Å². The van der Waals surface area contributed by atoms with Gasteiger partial charge in [0.05, 0.1) is 25.6 Å². The molecule has 0 saturated carbocycles. The second-order valence-corrected chi connectivity index (χ2v) is 9.39. The van der Waals surface area contributed by atoms with Gasteiger partial charge in [-0.05, 0) is 54.6 Å². The van der Waals surface area contributed by atoms with Crippen molar-refractivity contribution in [3.05, 3.63) is 60.7 Å². The van der Waals surface area contributed by atoms with Gasteiger partial charge in [0.25, 0.3) is 0 Å². The van der Waals surface area contributed by atoms with E-state index in [9.17, 15) is 14.7 Å². The van der Waals surface area contributed by atoms with E-state index in [2.05, 4.69) is 26.2 Å². The van der Waals surface area contributed by atoms with Crippen LogP contribution in [0.4, 0.5) is 11.4 Å². The van der Waals surface area contributed by atoms with E-state index in [1.807, 2.05) is 6.92 Å². The lowest BCUT2D eigenvalue weighted by molar-refractivity contribution is -0.118. The number of hydrogen-bond donors (Lipinski definition) is 2. The molecule has 0 aliphatic carbocycles. The molecule has 0 aliphatic rings. The van der Waals surface area contributed by atoms with Gasteiger partial charge in [-0.25, -0.2) is 4.98 Å². The minimum atomic E-state index is -0.268. The fraction of sp³-hybridized carbons (Fsp3) is 0.269. The number of aromatic nitrogens is 1. The zero-order valence-electron chi connectivity index (χ0n) is 19.8. The number of alkyl halides is 1. The summed E-state index contributed by atoms with van der Waals surface area (Å²) in [4.78, 5) is 31.9. The third-order valence-corrected chi connectivity index (χ3v) is 5.52. The molecule has 2 aromatic carbocycles. The van der Waals surface area contributed by atoms with Crippen LogP contribution in [0.25, 0.3) is 11.3 Å². The molecule has 1 heterocycles. The summed E-state index contributed by atoms with van der Waals surface area (Å²) in [5.74, 6) is 0.842. The number of amides is 2. The second-order valence-electron chi connectivity index (χ2n) is 7.82. The van der Waals surface area contributed by atoms with E-state index >= 15 is 0 Å². The molecule has 3 rings (SSSR count). The van der Waals surface area contributed by atoms with Gasteiger partial charge in [0, 0.05) is 41.5 Å². The molecule has 0 fully saturated rings. The zero-order chi connectivity index (χ0) is 25.4. The van der Waals surface area contributed by atoms with Crippen LogP contribution in [0.2, 0.25) is 0 Å². The third-order valence-electron chi connectivity index (χ3n) is 5.20. The number of nitrogens with zero attached hydrogens (tertiary/aromatic N) is 2. The largest absolute Gasteiger partial charge is 0.508 e. The van der Waals surface area contributed by atoms with Gasteiger partial charge in [0.15, 0.2) is 0 Å². The summed E-state index contributed by atoms with van der Waals surface area (Å²) in [6, 6.07) is 17.0. The molecule has 0 aliphatic heterocycles. The molecular weight excluding hydrogens is 514 g/mol. The lowest BCUT2D eigenvalue weighted by Crippen LogP contribution is -2.34. The molecule has 0 saturated heterocycles. The number of hydrogen-bond acceptors (Lipinski definition) is 6. The number of nitrogens with one attached hydrogen (secondary N) is 1. The predicted molar refractivity (Wildman–Crippen MR) is 139 cm³/mol. The van der Waals surface area contributed by atoms with E-state index < -0.39 is 0 Å². The van der Waals surface area contributed by atoms with Crippen molar-refractivity contribution in [2.75, 3.05) is 31.0 Å². The number of phenols is 1. The smallest absolute Gasteiger partial charge is 0.228 e. The van der Waals surface area contributed by atoms with Crippen LogP contribution in [0.3, 0.4) is 0 Å². The Morgan fingerprint density at radius 2 is 1.71 bits per heavy atom. The fourth-order valence-corrected chi connectivity index (χ4v) is 3.71. The van der Waals surface area contributed by atoms with Gasteiger partial charge >= 0.3 is 0 Å². The van der Waals surface area contributed by atoms with Gasteiger partial charge in [-0.2, -0.15) is 0 Å². The highest BCUT2D eigenvalue weighted by Crippen LogP contribution is 2.30. The van der Waals surface area contributed by atoms with E-state index in [1.165, 1.54) is 7.11 Å². The Balaban J connectivity index is 1.77. The van der Waals surface area contributed by atoms with E-state index in [4.69, 9.17) is 9.47 Å². The summed E-state index contributed by atoms with van der Waals surface area (Å²) in [6.45, 7) is 2.10. The number of carbonyl (C=O) groups excluding carboxylic acids is 2. The first-order valence-electron chi connectivity index (χ1n) is 11.0. The number of rotatable bonds is 10. The Morgan fingerprint density at radius 1 is 1.03 bits per heavy atom. The molecule has 184 valence electrons. The van der Waals surface area contributed by atoms with Crippen molar-refractivity contribution >= 4 is 39.1 Å². The minimum absolute atomic E-state index is 0.00261. The van der Waals surface area contributed by atoms with Crippen LogP contribution >= 0.6 is 15.9 Å². The van der Waals surface area contributed by atoms with Crippen molar-refractivity contribution in [3.8, 4) is 28.6 Å². The summed E-state index contributed by atoms with van der Waals surface area (Å²) in [7, 11) is 3.09. The lowest BCUT2D eigenvalue weighted by atomic mass is 10.1. The van der Waals surface area contributed by atoms with Crippen molar-refractivity contribution in [3.63, 3.8) is 0 Å². The Labute approximate surface area is 213 Å². The maximum atomic E-state index is 12.9. The molecule has 1 atom stereocenters. The summed E-state index contributed by atoms with van der Waals surface area (Å²) in [5, 5.41) is 12.5. The number of methoxy groups -OCH3 is 2. The molecule has 9 heteroatoms. The summed E-state index contributed by atoms with van der Waals surface area (Å²) in [5.41, 5.74) is 2.40. The molecule has 35 heavy (non-hydrogen) atoms. The Kier molecular flexibility index (Phi) is 9.08. The van der Waals surface area contributed by atoms with Crippen molar-refractivity contribution < 1.29 is 24.2 Å². The number of anilines is 2. The van der Waals surface area contributed by atoms with E-state index in [1.54, 1.807) is 72.7 Å². The molecule has 0 spiro atoms. The Morgan fingerprint density at radius 3 is 2.31 bits per heavy atom. The molecule has 8 nitrogen and oxygen atoms in total. The third kappa shape index (κ3) is 7.19. The molecule has 1 unspecified atom stereocenters. The zero-order valence-corrected chi connectivity index (χ0v) is 21.4. The van der Waals surface area contributed by atoms with Gasteiger partial charge in [-0.1, -0.05) is 22.9 Å². The van der Waals surface area contributed by atoms with E-state index in [0.717, 1.165) is 0 Å². The number of ether oxygens (including phenoxy) is 2. The summed E-state index contributed by atoms with van der Waals surface area (Å²) in [6.07, 6.45) is 0.372. The van der Waals surface area contributed by atoms with Crippen LogP contribution in [0.5, 0.6) is 17.4 Å². The Bertz CT molecular complexity index is 1150. The first-order valence-corrected chi connectivity index (χ1v) is 11.9. The van der Waals surface area contributed by atoms with E-state index in [0.29, 0.717) is 40.7 Å². The maximum Gasteiger partial charge on any atom is 0.228 e. The fourth-order valence-electron chi connectivity index (χ4n) is 3.43. The lowest BCUT2D eigenvalue weighted by Gasteiger charge is -2.24. The van der Waals surface area contributed by atoms with Crippen LogP contribution in [0.15, 0.2) is 60.7 Å². The van der Waals surface area contributed by atoms with Crippen molar-refractivity contribution in [2.45, 2.75) is 24.6 Å². The van der Waals surface area contributed by atoms with Crippen LogP contribution < -0.4 is 19.7 Å². The predicted octanol–water partition coefficient (Wildman–Crippen LogP) is 5.01. The topological polar surface area (TPSA) is 101 Å². The number of benzene rings is 2. The summed E-state index contributed by atoms with van der Waals surface area (Å²) >= 11 is 3.43. The Hall–Kier alpha value is -3.59. The number of pyridine rings is 1. The second kappa shape index (κ2) is 12.2. The van der Waals surface area contributed by atoms with E-state index in [-0.39, 0.29) is 35.4 Å². The number of halogens is 1. The van der Waals surface area contributed by atoms with Crippen molar-refractivity contribution in [2.24, 2.45) is 0 Å². The molecule has 2 N–H and O–H groups in total. The molecule has 2 amide bonds. The number of aromatic hydroxyl groups is 1. The van der Waals surface area contributed by atoms with Gasteiger partial charge < -0.3 is 24.8 Å². The maximum absolute atomic E-state index is 12.9. The van der Waals surface area contributed by atoms with Crippen LogP contribution in [0.1, 0.15) is 19.8 Å². The first-order chi connectivity index (χ1) is 16.8. The normalized spacial score (nSPS) is 11.4. The molecule has 0 radical (unpaired) electrons. The number of carbonyl (C=O) groups is 2. The highest BCUT2D eigenvalue weighted by molar-refractivity contribution is 9.09. The number of phenolic OH excluding ortho intramolecular Hbond substituents is 1. The van der Waals surface area contributed by atoms with Crippen LogP contribution in [0, 0.1) is 0 Å². The van der Waals surface area contributed by atoms with Gasteiger partial charge in [-0.15, -0.1) is 0 Å². The standard InChI is InChI=1S/C26H28BrN3O5/c1-17(27)16-25(33)30(19-6-10-21(34-2)11-7-19)15-14-23(32)28-22-12-13-24(35-3)29-26(22)18-4-8-20(31)9-5-18/h4-13,17,31H,14-16H2,1-3H3,(H,28,32). The molecule has 3 aromatic rings. The van der Waals surface area contributed by atoms with Gasteiger partial charge in [0.1, 0.15) is 11.5 Å². The minimum Gasteiger partial charge on any atom is -0.508 e. The van der Waals surface area contributed by atoms with Gasteiger partial charge in [-0.3, -0.25) is 9.59 Å². The van der Waals surface area contributed by atoms with Gasteiger partial charge in [0.2, 0.25) is 17.7 Å².